The number of carbonyl (C=O) groups is 1. The SMILES string of the molecule is CCN(CC(=O)O)C1CC(NS(=O)(=O)c2ccc3c(c2)OCO3)C1. The fraction of sp³-hybridized carbons (Fsp3) is 0.533. The van der Waals surface area contributed by atoms with Gasteiger partial charge in [-0.15, -0.1) is 0 Å². The molecule has 3 rings (SSSR count). The number of hydrogen-bond acceptors (Lipinski definition) is 6. The van der Waals surface area contributed by atoms with E-state index in [1.165, 1.54) is 12.1 Å². The second-order valence-corrected chi connectivity index (χ2v) is 7.63. The van der Waals surface area contributed by atoms with Gasteiger partial charge in [-0.3, -0.25) is 9.69 Å². The van der Waals surface area contributed by atoms with Crippen LogP contribution in [0.25, 0.3) is 0 Å². The second kappa shape index (κ2) is 6.58. The van der Waals surface area contributed by atoms with E-state index in [1.807, 2.05) is 11.8 Å². The van der Waals surface area contributed by atoms with Crippen molar-refractivity contribution in [2.75, 3.05) is 19.9 Å². The van der Waals surface area contributed by atoms with Crippen LogP contribution in [0.4, 0.5) is 0 Å². The fourth-order valence-corrected chi connectivity index (χ4v) is 4.26. The molecular formula is C15H20N2O6S. The third-order valence-corrected chi connectivity index (χ3v) is 5.87. The van der Waals surface area contributed by atoms with Crippen molar-refractivity contribution in [2.24, 2.45) is 0 Å². The van der Waals surface area contributed by atoms with Gasteiger partial charge in [0.1, 0.15) is 0 Å². The van der Waals surface area contributed by atoms with Crippen molar-refractivity contribution in [2.45, 2.75) is 36.7 Å². The highest BCUT2D eigenvalue weighted by Gasteiger charge is 2.36. The maximum Gasteiger partial charge on any atom is 0.317 e. The van der Waals surface area contributed by atoms with E-state index < -0.39 is 16.0 Å². The number of nitrogens with zero attached hydrogens (tertiary/aromatic N) is 1. The van der Waals surface area contributed by atoms with Crippen LogP contribution < -0.4 is 14.2 Å². The van der Waals surface area contributed by atoms with Gasteiger partial charge < -0.3 is 14.6 Å². The molecule has 0 bridgehead atoms. The summed E-state index contributed by atoms with van der Waals surface area (Å²) in [6.45, 7) is 2.58. The maximum absolute atomic E-state index is 12.4. The summed E-state index contributed by atoms with van der Waals surface area (Å²) in [6.07, 6.45) is 1.20. The molecule has 0 unspecified atom stereocenters. The molecule has 24 heavy (non-hydrogen) atoms. The second-order valence-electron chi connectivity index (χ2n) is 5.92. The van der Waals surface area contributed by atoms with E-state index in [0.29, 0.717) is 30.9 Å². The van der Waals surface area contributed by atoms with Crippen molar-refractivity contribution in [3.05, 3.63) is 18.2 Å². The van der Waals surface area contributed by atoms with Crippen LogP contribution >= 0.6 is 0 Å². The zero-order valence-electron chi connectivity index (χ0n) is 13.3. The minimum Gasteiger partial charge on any atom is -0.480 e. The van der Waals surface area contributed by atoms with Gasteiger partial charge in [0.05, 0.1) is 11.4 Å². The Morgan fingerprint density at radius 1 is 1.33 bits per heavy atom. The molecular weight excluding hydrogens is 336 g/mol. The Balaban J connectivity index is 1.60. The average molecular weight is 356 g/mol. The van der Waals surface area contributed by atoms with E-state index in [9.17, 15) is 13.2 Å². The van der Waals surface area contributed by atoms with E-state index in [-0.39, 0.29) is 30.3 Å². The summed E-state index contributed by atoms with van der Waals surface area (Å²) >= 11 is 0. The lowest BCUT2D eigenvalue weighted by atomic mass is 9.86. The van der Waals surface area contributed by atoms with E-state index in [2.05, 4.69) is 4.72 Å². The highest BCUT2D eigenvalue weighted by Crippen LogP contribution is 2.34. The van der Waals surface area contributed by atoms with Crippen LogP contribution in [-0.4, -0.2) is 56.4 Å². The molecule has 1 aromatic rings. The maximum atomic E-state index is 12.4. The lowest BCUT2D eigenvalue weighted by molar-refractivity contribution is -0.139. The van der Waals surface area contributed by atoms with Crippen LogP contribution in [0.15, 0.2) is 23.1 Å². The van der Waals surface area contributed by atoms with Gasteiger partial charge in [-0.2, -0.15) is 0 Å². The number of likely N-dealkylation sites (N-methyl/N-ethyl adjacent to an activating group) is 1. The molecule has 0 aromatic heterocycles. The molecule has 2 aliphatic rings. The number of ether oxygens (including phenoxy) is 2. The predicted molar refractivity (Wildman–Crippen MR) is 84.6 cm³/mol. The van der Waals surface area contributed by atoms with Crippen LogP contribution in [-0.2, 0) is 14.8 Å². The third kappa shape index (κ3) is 3.47. The minimum absolute atomic E-state index is 0.0250. The molecule has 1 fully saturated rings. The number of sulfonamides is 1. The van der Waals surface area contributed by atoms with Gasteiger partial charge in [0, 0.05) is 18.2 Å². The van der Waals surface area contributed by atoms with Crippen LogP contribution in [0, 0.1) is 0 Å². The van der Waals surface area contributed by atoms with E-state index in [1.54, 1.807) is 6.07 Å². The first-order valence-corrected chi connectivity index (χ1v) is 9.25. The van der Waals surface area contributed by atoms with Gasteiger partial charge in [0.15, 0.2) is 11.5 Å². The van der Waals surface area contributed by atoms with Crippen LogP contribution in [0.5, 0.6) is 11.5 Å². The fourth-order valence-electron chi connectivity index (χ4n) is 2.99. The summed E-state index contributed by atoms with van der Waals surface area (Å²) in [7, 11) is -3.64. The van der Waals surface area contributed by atoms with Gasteiger partial charge in [0.2, 0.25) is 16.8 Å². The quantitative estimate of drug-likeness (QED) is 0.738. The molecule has 2 N–H and O–H groups in total. The lowest BCUT2D eigenvalue weighted by Gasteiger charge is -2.42. The first kappa shape index (κ1) is 17.0. The monoisotopic (exact) mass is 356 g/mol. The lowest BCUT2D eigenvalue weighted by Crippen LogP contribution is -2.54. The molecule has 1 aromatic carbocycles. The molecule has 1 aliphatic carbocycles. The van der Waals surface area contributed by atoms with Gasteiger partial charge in [0.25, 0.3) is 0 Å². The Hall–Kier alpha value is -1.84. The standard InChI is InChI=1S/C15H20N2O6S/c1-2-17(8-15(18)19)11-5-10(6-11)16-24(20,21)12-3-4-13-14(7-12)23-9-22-13/h3-4,7,10-11,16H,2,5-6,8-9H2,1H3,(H,18,19). The Morgan fingerprint density at radius 3 is 2.71 bits per heavy atom. The third-order valence-electron chi connectivity index (χ3n) is 4.35. The normalized spacial score (nSPS) is 22.4. The molecule has 1 aliphatic heterocycles. The molecule has 132 valence electrons. The largest absolute Gasteiger partial charge is 0.480 e. The van der Waals surface area contributed by atoms with Crippen molar-refractivity contribution in [3.63, 3.8) is 0 Å². The molecule has 8 nitrogen and oxygen atoms in total. The van der Waals surface area contributed by atoms with E-state index in [4.69, 9.17) is 14.6 Å². The first-order chi connectivity index (χ1) is 11.4. The predicted octanol–water partition coefficient (Wildman–Crippen LogP) is 0.631. The highest BCUT2D eigenvalue weighted by molar-refractivity contribution is 7.89. The summed E-state index contributed by atoms with van der Waals surface area (Å²) in [5.74, 6) is 0.0779. The molecule has 0 saturated heterocycles. The summed E-state index contributed by atoms with van der Waals surface area (Å²) in [4.78, 5) is 12.8. The number of nitrogens with one attached hydrogen (secondary N) is 1. The van der Waals surface area contributed by atoms with Crippen LogP contribution in [0.3, 0.4) is 0 Å². The van der Waals surface area contributed by atoms with Crippen molar-refractivity contribution in [1.82, 2.24) is 9.62 Å². The van der Waals surface area contributed by atoms with Gasteiger partial charge in [-0.1, -0.05) is 6.92 Å². The molecule has 1 heterocycles. The number of carboxylic acid groups (broad SMARTS) is 1. The zero-order valence-corrected chi connectivity index (χ0v) is 14.1. The number of carboxylic acids is 1. The summed E-state index contributed by atoms with van der Waals surface area (Å²) < 4.78 is 37.9. The van der Waals surface area contributed by atoms with E-state index >= 15 is 0 Å². The molecule has 0 radical (unpaired) electrons. The van der Waals surface area contributed by atoms with Crippen molar-refractivity contribution in [1.29, 1.82) is 0 Å². The van der Waals surface area contributed by atoms with Crippen molar-refractivity contribution >= 4 is 16.0 Å². The topological polar surface area (TPSA) is 105 Å². The van der Waals surface area contributed by atoms with E-state index in [0.717, 1.165) is 0 Å². The van der Waals surface area contributed by atoms with Gasteiger partial charge >= 0.3 is 5.97 Å². The zero-order chi connectivity index (χ0) is 17.3. The summed E-state index contributed by atoms with van der Waals surface area (Å²) in [6, 6.07) is 4.41. The minimum atomic E-state index is -3.64. The summed E-state index contributed by atoms with van der Waals surface area (Å²) in [5.41, 5.74) is 0. The summed E-state index contributed by atoms with van der Waals surface area (Å²) in [5, 5.41) is 8.89. The van der Waals surface area contributed by atoms with Gasteiger partial charge in [-0.25, -0.2) is 13.1 Å². The molecule has 0 amide bonds. The molecule has 0 spiro atoms. The average Bonchev–Trinajstić information content (AvgIpc) is 2.95. The molecule has 1 saturated carbocycles. The Bertz CT molecular complexity index is 729. The number of aliphatic carboxylic acids is 1. The first-order valence-electron chi connectivity index (χ1n) is 7.77. The Kier molecular flexibility index (Phi) is 4.66. The van der Waals surface area contributed by atoms with Crippen LogP contribution in [0.2, 0.25) is 0 Å². The molecule has 9 heteroatoms. The van der Waals surface area contributed by atoms with Crippen LogP contribution in [0.1, 0.15) is 19.8 Å². The number of fused-ring (bicyclic) bond motifs is 1. The number of hydrogen-bond donors (Lipinski definition) is 2. The smallest absolute Gasteiger partial charge is 0.317 e. The van der Waals surface area contributed by atoms with Crippen molar-refractivity contribution < 1.29 is 27.8 Å². The highest BCUT2D eigenvalue weighted by atomic mass is 32.2. The Labute approximate surface area is 140 Å². The molecule has 0 atom stereocenters. The Morgan fingerprint density at radius 2 is 2.04 bits per heavy atom. The number of benzene rings is 1. The van der Waals surface area contributed by atoms with Crippen molar-refractivity contribution in [3.8, 4) is 11.5 Å². The van der Waals surface area contributed by atoms with Gasteiger partial charge in [-0.05, 0) is 31.5 Å². The number of rotatable bonds is 7.